The molecular formula is C23H20NO+. The first-order valence-corrected chi connectivity index (χ1v) is 8.41. The summed E-state index contributed by atoms with van der Waals surface area (Å²) < 4.78 is 8.29. The first kappa shape index (κ1) is 15.4. The molecule has 2 aromatic carbocycles. The summed E-state index contributed by atoms with van der Waals surface area (Å²) in [6.45, 7) is 0. The van der Waals surface area contributed by atoms with Gasteiger partial charge in [-0.3, -0.25) is 0 Å². The molecule has 0 bridgehead atoms. The maximum absolute atomic E-state index is 6.20. The molecule has 2 nitrogen and oxygen atoms in total. The Morgan fingerprint density at radius 2 is 1.44 bits per heavy atom. The van der Waals surface area contributed by atoms with Crippen molar-refractivity contribution in [3.8, 4) is 5.75 Å². The Hall–Kier alpha value is -3.13. The molecule has 0 spiro atoms. The molecule has 2 aliphatic rings. The molecular weight excluding hydrogens is 306 g/mol. The predicted octanol–water partition coefficient (Wildman–Crippen LogP) is 4.60. The van der Waals surface area contributed by atoms with Crippen molar-refractivity contribution in [1.82, 2.24) is 0 Å². The van der Waals surface area contributed by atoms with Gasteiger partial charge in [-0.15, -0.1) is 0 Å². The molecule has 122 valence electrons. The summed E-state index contributed by atoms with van der Waals surface area (Å²) in [5.74, 6) is 1.78. The summed E-state index contributed by atoms with van der Waals surface area (Å²) in [7, 11) is 4.09. The Kier molecular flexibility index (Phi) is 3.95. The minimum Gasteiger partial charge on any atom is -0.456 e. The van der Waals surface area contributed by atoms with Gasteiger partial charge in [-0.1, -0.05) is 48.5 Å². The maximum Gasteiger partial charge on any atom is 0.199 e. The van der Waals surface area contributed by atoms with Crippen LogP contribution in [0.2, 0.25) is 0 Å². The van der Waals surface area contributed by atoms with Crippen molar-refractivity contribution in [1.29, 1.82) is 0 Å². The van der Waals surface area contributed by atoms with Crippen LogP contribution in [-0.2, 0) is 0 Å². The second-order valence-corrected chi connectivity index (χ2v) is 6.33. The third-order valence-corrected chi connectivity index (χ3v) is 4.43. The lowest BCUT2D eigenvalue weighted by atomic mass is 9.93. The minimum absolute atomic E-state index is 0.878. The van der Waals surface area contributed by atoms with Gasteiger partial charge in [0.05, 0.1) is 0 Å². The lowest BCUT2D eigenvalue weighted by molar-refractivity contribution is -0.462. The lowest BCUT2D eigenvalue weighted by Gasteiger charge is -2.22. The van der Waals surface area contributed by atoms with Gasteiger partial charge >= 0.3 is 0 Å². The Bertz CT molecular complexity index is 950. The van der Waals surface area contributed by atoms with Crippen LogP contribution in [0.5, 0.6) is 5.75 Å². The second-order valence-electron chi connectivity index (χ2n) is 6.33. The van der Waals surface area contributed by atoms with Gasteiger partial charge in [-0.05, 0) is 35.4 Å². The SMILES string of the molecule is C[N+](C)=C1C=CC(=C2C=C(c3ccccc3)c3ccccc3O2)C=C1. The molecule has 4 rings (SSSR count). The molecule has 0 atom stereocenters. The normalized spacial score (nSPS) is 15.6. The number of fused-ring (bicyclic) bond motifs is 1. The summed E-state index contributed by atoms with van der Waals surface area (Å²) >= 11 is 0. The van der Waals surface area contributed by atoms with Crippen LogP contribution in [0.4, 0.5) is 0 Å². The smallest absolute Gasteiger partial charge is 0.199 e. The number of hydrogen-bond donors (Lipinski definition) is 0. The number of para-hydroxylation sites is 1. The van der Waals surface area contributed by atoms with Gasteiger partial charge in [0.2, 0.25) is 0 Å². The first-order chi connectivity index (χ1) is 12.2. The van der Waals surface area contributed by atoms with E-state index >= 15 is 0 Å². The van der Waals surface area contributed by atoms with Crippen molar-refractivity contribution in [3.63, 3.8) is 0 Å². The van der Waals surface area contributed by atoms with Crippen molar-refractivity contribution in [2.45, 2.75) is 0 Å². The average Bonchev–Trinajstić information content (AvgIpc) is 2.68. The van der Waals surface area contributed by atoms with E-state index in [0.29, 0.717) is 0 Å². The zero-order valence-electron chi connectivity index (χ0n) is 14.4. The van der Waals surface area contributed by atoms with Crippen LogP contribution in [0.25, 0.3) is 5.57 Å². The highest BCUT2D eigenvalue weighted by molar-refractivity contribution is 6.02. The Morgan fingerprint density at radius 1 is 0.760 bits per heavy atom. The van der Waals surface area contributed by atoms with E-state index in [4.69, 9.17) is 4.74 Å². The second kappa shape index (κ2) is 6.40. The van der Waals surface area contributed by atoms with Gasteiger partial charge in [0, 0.05) is 23.3 Å². The average molecular weight is 326 g/mol. The maximum atomic E-state index is 6.20. The van der Waals surface area contributed by atoms with Crippen molar-refractivity contribution in [3.05, 3.63) is 107 Å². The number of ether oxygens (including phenoxy) is 1. The lowest BCUT2D eigenvalue weighted by Crippen LogP contribution is -2.11. The highest BCUT2D eigenvalue weighted by Crippen LogP contribution is 2.38. The van der Waals surface area contributed by atoms with Crippen molar-refractivity contribution < 1.29 is 9.31 Å². The summed E-state index contributed by atoms with van der Waals surface area (Å²) in [5, 5.41) is 0. The molecule has 1 heterocycles. The molecule has 1 aliphatic carbocycles. The molecule has 0 amide bonds. The summed E-state index contributed by atoms with van der Waals surface area (Å²) in [6, 6.07) is 18.7. The fraction of sp³-hybridized carbons (Fsp3) is 0.0870. The highest BCUT2D eigenvalue weighted by atomic mass is 16.5. The van der Waals surface area contributed by atoms with E-state index in [1.165, 1.54) is 16.8 Å². The van der Waals surface area contributed by atoms with E-state index in [9.17, 15) is 0 Å². The van der Waals surface area contributed by atoms with Crippen LogP contribution in [0.15, 0.2) is 96.3 Å². The summed E-state index contributed by atoms with van der Waals surface area (Å²) in [6.07, 6.45) is 10.6. The van der Waals surface area contributed by atoms with Gasteiger partial charge in [0.1, 0.15) is 25.6 Å². The fourth-order valence-electron chi connectivity index (χ4n) is 3.06. The quantitative estimate of drug-likeness (QED) is 0.697. The topological polar surface area (TPSA) is 12.2 Å². The van der Waals surface area contributed by atoms with Crippen molar-refractivity contribution in [2.75, 3.05) is 14.1 Å². The standard InChI is InChI=1S/C23H20NO/c1-24(2)19-14-12-18(13-15-19)23-16-21(17-8-4-3-5-9-17)20-10-6-7-11-22(20)25-23/h3-16H,1-2H3/q+1. The molecule has 0 radical (unpaired) electrons. The van der Waals surface area contributed by atoms with Gasteiger partial charge < -0.3 is 4.74 Å². The number of rotatable bonds is 1. The van der Waals surface area contributed by atoms with E-state index in [1.54, 1.807) is 0 Å². The van der Waals surface area contributed by atoms with Crippen LogP contribution in [0.1, 0.15) is 11.1 Å². The number of hydrogen-bond acceptors (Lipinski definition) is 1. The summed E-state index contributed by atoms with van der Waals surface area (Å²) in [5.41, 5.74) is 5.76. The van der Waals surface area contributed by atoms with Crippen molar-refractivity contribution in [2.24, 2.45) is 0 Å². The molecule has 2 aromatic rings. The Morgan fingerprint density at radius 3 is 2.16 bits per heavy atom. The minimum atomic E-state index is 0.878. The molecule has 0 N–H and O–H groups in total. The number of benzene rings is 2. The van der Waals surface area contributed by atoms with Crippen LogP contribution in [0.3, 0.4) is 0 Å². The summed E-state index contributed by atoms with van der Waals surface area (Å²) in [4.78, 5) is 0. The zero-order valence-corrected chi connectivity index (χ0v) is 14.4. The molecule has 0 fully saturated rings. The molecule has 0 unspecified atom stereocenters. The predicted molar refractivity (Wildman–Crippen MR) is 103 cm³/mol. The van der Waals surface area contributed by atoms with E-state index in [-0.39, 0.29) is 0 Å². The van der Waals surface area contributed by atoms with Crippen LogP contribution in [-0.4, -0.2) is 24.4 Å². The molecule has 0 saturated heterocycles. The van der Waals surface area contributed by atoms with Crippen LogP contribution >= 0.6 is 0 Å². The number of nitrogens with zero attached hydrogens (tertiary/aromatic N) is 1. The molecule has 0 aromatic heterocycles. The first-order valence-electron chi connectivity index (χ1n) is 8.41. The van der Waals surface area contributed by atoms with E-state index in [0.717, 1.165) is 22.6 Å². The van der Waals surface area contributed by atoms with E-state index in [1.807, 2.05) is 32.3 Å². The third-order valence-electron chi connectivity index (χ3n) is 4.43. The fourth-order valence-corrected chi connectivity index (χ4v) is 3.06. The molecule has 0 saturated carbocycles. The van der Waals surface area contributed by atoms with Gasteiger partial charge in [0.15, 0.2) is 5.71 Å². The number of allylic oxidation sites excluding steroid dienone is 6. The van der Waals surface area contributed by atoms with Crippen LogP contribution < -0.4 is 4.74 Å². The molecule has 25 heavy (non-hydrogen) atoms. The largest absolute Gasteiger partial charge is 0.456 e. The monoisotopic (exact) mass is 326 g/mol. The van der Waals surface area contributed by atoms with Crippen LogP contribution in [0, 0.1) is 0 Å². The van der Waals surface area contributed by atoms with E-state index in [2.05, 4.69) is 71.4 Å². The van der Waals surface area contributed by atoms with Gasteiger partial charge in [-0.2, -0.15) is 0 Å². The molecule has 1 aliphatic heterocycles. The van der Waals surface area contributed by atoms with Crippen molar-refractivity contribution >= 4 is 11.3 Å². The van der Waals surface area contributed by atoms with Gasteiger partial charge in [-0.25, -0.2) is 4.58 Å². The van der Waals surface area contributed by atoms with Gasteiger partial charge in [0.25, 0.3) is 0 Å². The Labute approximate surface area is 148 Å². The van der Waals surface area contributed by atoms with E-state index < -0.39 is 0 Å². The highest BCUT2D eigenvalue weighted by Gasteiger charge is 2.20. The third kappa shape index (κ3) is 2.99. The molecule has 2 heteroatoms. The Balaban J connectivity index is 1.85. The zero-order chi connectivity index (χ0) is 17.2.